The van der Waals surface area contributed by atoms with Crippen molar-refractivity contribution in [2.75, 3.05) is 6.61 Å². The molecule has 0 N–H and O–H groups in total. The van der Waals surface area contributed by atoms with Crippen molar-refractivity contribution in [3.8, 4) is 5.75 Å². The molecule has 2 aromatic rings. The molecule has 100 valence electrons. The van der Waals surface area contributed by atoms with Gasteiger partial charge in [0.25, 0.3) is 0 Å². The molecule has 5 heteroatoms. The topological polar surface area (TPSA) is 26.3 Å². The van der Waals surface area contributed by atoms with Crippen LogP contribution in [-0.4, -0.2) is 12.4 Å². The second-order valence-electron chi connectivity index (χ2n) is 3.93. The van der Waals surface area contributed by atoms with Gasteiger partial charge in [-0.2, -0.15) is 0 Å². The average Bonchev–Trinajstić information content (AvgIpc) is 2.92. The largest absolute Gasteiger partial charge is 0.492 e. The lowest BCUT2D eigenvalue weighted by Gasteiger charge is -2.07. The molecule has 0 unspecified atom stereocenters. The quantitative estimate of drug-likeness (QED) is 0.523. The Morgan fingerprint density at radius 1 is 1.37 bits per heavy atom. The number of Topliss-reactive ketones (excluding diaryl/α,β-unsaturated/α-hetero) is 1. The second-order valence-corrected chi connectivity index (χ2v) is 6.20. The van der Waals surface area contributed by atoms with Gasteiger partial charge in [-0.1, -0.05) is 33.6 Å². The molecule has 1 heterocycles. The third kappa shape index (κ3) is 4.34. The lowest BCUT2D eigenvalue weighted by molar-refractivity contribution is 0.0977. The second kappa shape index (κ2) is 7.08. The van der Waals surface area contributed by atoms with Crippen LogP contribution in [0.5, 0.6) is 5.75 Å². The molecule has 0 aliphatic rings. The van der Waals surface area contributed by atoms with E-state index in [9.17, 15) is 4.79 Å². The Morgan fingerprint density at radius 3 is 2.95 bits per heavy atom. The Bertz CT molecular complexity index is 555. The third-order valence-corrected chi connectivity index (χ3v) is 4.21. The minimum Gasteiger partial charge on any atom is -0.492 e. The first-order valence-corrected chi connectivity index (χ1v) is 7.86. The maximum Gasteiger partial charge on any atom is 0.172 e. The molecule has 0 aliphatic heterocycles. The van der Waals surface area contributed by atoms with Crippen LogP contribution in [0.15, 0.2) is 40.2 Å². The molecular weight excluding hydrogens is 348 g/mol. The lowest BCUT2D eigenvalue weighted by Crippen LogP contribution is -2.02. The summed E-state index contributed by atoms with van der Waals surface area (Å²) in [6.07, 6.45) is 1.17. The summed E-state index contributed by atoms with van der Waals surface area (Å²) >= 11 is 10.8. The number of halogens is 2. The summed E-state index contributed by atoms with van der Waals surface area (Å²) < 4.78 is 6.49. The van der Waals surface area contributed by atoms with Crippen molar-refractivity contribution >= 4 is 44.7 Å². The van der Waals surface area contributed by atoms with Crippen molar-refractivity contribution < 1.29 is 9.53 Å². The fourth-order valence-corrected chi connectivity index (χ4v) is 2.77. The van der Waals surface area contributed by atoms with Gasteiger partial charge in [0, 0.05) is 10.9 Å². The summed E-state index contributed by atoms with van der Waals surface area (Å²) in [5.41, 5.74) is 0. The molecule has 0 fully saturated rings. The number of carbonyl (C=O) groups is 1. The summed E-state index contributed by atoms with van der Waals surface area (Å²) in [5.74, 6) is 0.804. The maximum absolute atomic E-state index is 11.8. The van der Waals surface area contributed by atoms with Gasteiger partial charge in [0.1, 0.15) is 5.75 Å². The van der Waals surface area contributed by atoms with E-state index in [1.54, 1.807) is 6.07 Å². The van der Waals surface area contributed by atoms with E-state index in [1.165, 1.54) is 11.3 Å². The number of thiophene rings is 1. The van der Waals surface area contributed by atoms with Crippen molar-refractivity contribution in [1.82, 2.24) is 0 Å². The van der Waals surface area contributed by atoms with Crippen LogP contribution < -0.4 is 4.74 Å². The zero-order valence-electron chi connectivity index (χ0n) is 10.1. The Labute approximate surface area is 129 Å². The predicted molar refractivity (Wildman–Crippen MR) is 82.5 cm³/mol. The molecule has 1 aromatic carbocycles. The van der Waals surface area contributed by atoms with Gasteiger partial charge >= 0.3 is 0 Å². The van der Waals surface area contributed by atoms with E-state index in [0.717, 1.165) is 9.35 Å². The van der Waals surface area contributed by atoms with Crippen molar-refractivity contribution in [3.63, 3.8) is 0 Å². The molecular formula is C14H12BrClO2S. The molecule has 2 rings (SSSR count). The summed E-state index contributed by atoms with van der Waals surface area (Å²) in [4.78, 5) is 12.6. The molecule has 0 bridgehead atoms. The van der Waals surface area contributed by atoms with E-state index in [-0.39, 0.29) is 5.78 Å². The highest BCUT2D eigenvalue weighted by molar-refractivity contribution is 9.10. The monoisotopic (exact) mass is 358 g/mol. The SMILES string of the molecule is O=C(CCCOc1cc(Br)ccc1Cl)c1cccs1. The first-order valence-electron chi connectivity index (χ1n) is 5.81. The standard InChI is InChI=1S/C14H12BrClO2S/c15-10-5-6-11(16)13(9-10)18-7-1-3-12(17)14-4-2-8-19-14/h2,4-6,8-9H,1,3,7H2. The summed E-state index contributed by atoms with van der Waals surface area (Å²) in [5, 5.41) is 2.48. The molecule has 0 spiro atoms. The van der Waals surface area contributed by atoms with E-state index < -0.39 is 0 Å². The van der Waals surface area contributed by atoms with Gasteiger partial charge in [-0.3, -0.25) is 4.79 Å². The van der Waals surface area contributed by atoms with Crippen molar-refractivity contribution in [1.29, 1.82) is 0 Å². The highest BCUT2D eigenvalue weighted by atomic mass is 79.9. The van der Waals surface area contributed by atoms with Crippen LogP contribution in [0.1, 0.15) is 22.5 Å². The van der Waals surface area contributed by atoms with Crippen LogP contribution in [-0.2, 0) is 0 Å². The Kier molecular flexibility index (Phi) is 5.43. The molecule has 1 aromatic heterocycles. The van der Waals surface area contributed by atoms with E-state index in [4.69, 9.17) is 16.3 Å². The van der Waals surface area contributed by atoms with Crippen molar-refractivity contribution in [2.45, 2.75) is 12.8 Å². The van der Waals surface area contributed by atoms with Gasteiger partial charge in [-0.25, -0.2) is 0 Å². The van der Waals surface area contributed by atoms with E-state index in [0.29, 0.717) is 30.2 Å². The zero-order chi connectivity index (χ0) is 13.7. The summed E-state index contributed by atoms with van der Waals surface area (Å²) in [7, 11) is 0. The molecule has 0 aliphatic carbocycles. The third-order valence-electron chi connectivity index (χ3n) is 2.49. The zero-order valence-corrected chi connectivity index (χ0v) is 13.2. The predicted octanol–water partition coefficient (Wildman–Crippen LogP) is 5.21. The van der Waals surface area contributed by atoms with Crippen LogP contribution in [0.3, 0.4) is 0 Å². The number of rotatable bonds is 6. The molecule has 0 radical (unpaired) electrons. The maximum atomic E-state index is 11.8. The number of carbonyl (C=O) groups excluding carboxylic acids is 1. The highest BCUT2D eigenvalue weighted by Crippen LogP contribution is 2.28. The molecule has 2 nitrogen and oxygen atoms in total. The van der Waals surface area contributed by atoms with Gasteiger partial charge in [-0.05, 0) is 36.1 Å². The van der Waals surface area contributed by atoms with Gasteiger partial charge in [0.05, 0.1) is 16.5 Å². The van der Waals surface area contributed by atoms with Crippen LogP contribution in [0, 0.1) is 0 Å². The van der Waals surface area contributed by atoms with E-state index in [1.807, 2.05) is 29.6 Å². The first kappa shape index (κ1) is 14.6. The Morgan fingerprint density at radius 2 is 2.21 bits per heavy atom. The number of hydrogen-bond acceptors (Lipinski definition) is 3. The summed E-state index contributed by atoms with van der Waals surface area (Å²) in [6.45, 7) is 0.479. The van der Waals surface area contributed by atoms with Gasteiger partial charge in [-0.15, -0.1) is 11.3 Å². The Balaban J connectivity index is 1.78. The smallest absolute Gasteiger partial charge is 0.172 e. The number of ether oxygens (including phenoxy) is 1. The Hall–Kier alpha value is -0.840. The van der Waals surface area contributed by atoms with Gasteiger partial charge in [0.15, 0.2) is 5.78 Å². The summed E-state index contributed by atoms with van der Waals surface area (Å²) in [6, 6.07) is 9.19. The van der Waals surface area contributed by atoms with Gasteiger partial charge in [0.2, 0.25) is 0 Å². The first-order chi connectivity index (χ1) is 9.16. The number of hydrogen-bond donors (Lipinski definition) is 0. The fourth-order valence-electron chi connectivity index (χ4n) is 1.56. The average molecular weight is 360 g/mol. The normalized spacial score (nSPS) is 10.4. The molecule has 0 amide bonds. The van der Waals surface area contributed by atoms with Crippen LogP contribution in [0.25, 0.3) is 0 Å². The minimum atomic E-state index is 0.166. The number of ketones is 1. The highest BCUT2D eigenvalue weighted by Gasteiger charge is 2.07. The van der Waals surface area contributed by atoms with Crippen LogP contribution in [0.2, 0.25) is 5.02 Å². The van der Waals surface area contributed by atoms with Crippen LogP contribution >= 0.6 is 38.9 Å². The molecule has 0 saturated carbocycles. The van der Waals surface area contributed by atoms with E-state index in [2.05, 4.69) is 15.9 Å². The molecule has 19 heavy (non-hydrogen) atoms. The lowest BCUT2D eigenvalue weighted by atomic mass is 10.2. The number of benzene rings is 1. The van der Waals surface area contributed by atoms with Crippen molar-refractivity contribution in [3.05, 3.63) is 50.1 Å². The molecule has 0 saturated heterocycles. The van der Waals surface area contributed by atoms with E-state index >= 15 is 0 Å². The fraction of sp³-hybridized carbons (Fsp3) is 0.214. The van der Waals surface area contributed by atoms with Crippen molar-refractivity contribution in [2.24, 2.45) is 0 Å². The van der Waals surface area contributed by atoms with Crippen LogP contribution in [0.4, 0.5) is 0 Å². The van der Waals surface area contributed by atoms with Gasteiger partial charge < -0.3 is 4.74 Å². The minimum absolute atomic E-state index is 0.166. The molecule has 0 atom stereocenters.